The van der Waals surface area contributed by atoms with Crippen LogP contribution < -0.4 is 5.32 Å². The third-order valence-corrected chi connectivity index (χ3v) is 2.66. The summed E-state index contributed by atoms with van der Waals surface area (Å²) in [6.45, 7) is 1.92. The number of carboxylic acid groups (broad SMARTS) is 1. The van der Waals surface area contributed by atoms with E-state index in [1.165, 1.54) is 12.1 Å². The summed E-state index contributed by atoms with van der Waals surface area (Å²) in [5, 5.41) is 11.2. The number of carbonyl (C=O) groups excluding carboxylic acids is 3. The number of hydrogen-bond acceptors (Lipinski definition) is 4. The summed E-state index contributed by atoms with van der Waals surface area (Å²) in [7, 11) is 0. The lowest BCUT2D eigenvalue weighted by Crippen LogP contribution is -2.43. The van der Waals surface area contributed by atoms with E-state index in [9.17, 15) is 19.2 Å². The zero-order chi connectivity index (χ0) is 14.2. The van der Waals surface area contributed by atoms with Crippen molar-refractivity contribution in [1.82, 2.24) is 10.2 Å². The Balaban J connectivity index is 2.44. The monoisotopic (exact) mass is 262 g/mol. The smallest absolute Gasteiger partial charge is 0.335 e. The lowest BCUT2D eigenvalue weighted by molar-refractivity contribution is 0.0688. The van der Waals surface area contributed by atoms with Crippen molar-refractivity contribution >= 4 is 23.8 Å². The molecule has 1 heterocycles. The van der Waals surface area contributed by atoms with Crippen LogP contribution in [0.25, 0.3) is 0 Å². The van der Waals surface area contributed by atoms with Crippen LogP contribution >= 0.6 is 0 Å². The predicted molar refractivity (Wildman–Crippen MR) is 63.0 cm³/mol. The van der Waals surface area contributed by atoms with Gasteiger partial charge in [-0.3, -0.25) is 9.59 Å². The molecule has 0 aliphatic carbocycles. The van der Waals surface area contributed by atoms with Crippen molar-refractivity contribution in [3.63, 3.8) is 0 Å². The number of nitrogens with zero attached hydrogens (tertiary/aromatic N) is 1. The molecule has 0 unspecified atom stereocenters. The fraction of sp³-hybridized carbons (Fsp3) is 0.167. The van der Waals surface area contributed by atoms with E-state index in [1.807, 2.05) is 0 Å². The van der Waals surface area contributed by atoms with Crippen LogP contribution in [0.1, 0.15) is 38.0 Å². The van der Waals surface area contributed by atoms with E-state index in [0.29, 0.717) is 4.90 Å². The first-order chi connectivity index (χ1) is 8.97. The number of benzene rings is 1. The summed E-state index contributed by atoms with van der Waals surface area (Å²) in [6, 6.07) is 2.73. The molecule has 2 N–H and O–H groups in total. The summed E-state index contributed by atoms with van der Waals surface area (Å²) < 4.78 is 0. The minimum absolute atomic E-state index is 0.0289. The molecule has 0 bridgehead atoms. The van der Waals surface area contributed by atoms with E-state index in [1.54, 1.807) is 6.92 Å². The first-order valence-corrected chi connectivity index (χ1v) is 5.51. The van der Waals surface area contributed by atoms with Gasteiger partial charge in [-0.05, 0) is 25.1 Å². The molecule has 19 heavy (non-hydrogen) atoms. The predicted octanol–water partition coefficient (Wildman–Crippen LogP) is 0.710. The summed E-state index contributed by atoms with van der Waals surface area (Å²) in [5.41, 5.74) is -0.157. The fourth-order valence-corrected chi connectivity index (χ4v) is 1.79. The van der Waals surface area contributed by atoms with Crippen molar-refractivity contribution in [3.8, 4) is 0 Å². The molecule has 1 aromatic rings. The van der Waals surface area contributed by atoms with E-state index in [0.717, 1.165) is 6.07 Å². The normalized spacial score (nSPS) is 13.4. The van der Waals surface area contributed by atoms with Crippen molar-refractivity contribution in [1.29, 1.82) is 0 Å². The van der Waals surface area contributed by atoms with Crippen molar-refractivity contribution in [2.75, 3.05) is 6.54 Å². The number of hydrogen-bond donors (Lipinski definition) is 2. The second-order valence-corrected chi connectivity index (χ2v) is 3.85. The summed E-state index contributed by atoms with van der Waals surface area (Å²) >= 11 is 0. The third kappa shape index (κ3) is 1.95. The largest absolute Gasteiger partial charge is 0.478 e. The van der Waals surface area contributed by atoms with Gasteiger partial charge in [0.25, 0.3) is 11.8 Å². The molecule has 0 atom stereocenters. The van der Waals surface area contributed by atoms with E-state index in [4.69, 9.17) is 5.11 Å². The summed E-state index contributed by atoms with van der Waals surface area (Å²) in [6.07, 6.45) is 0. The number of fused-ring (bicyclic) bond motifs is 1. The molecule has 0 aromatic heterocycles. The molecule has 1 aliphatic heterocycles. The Morgan fingerprint density at radius 3 is 2.42 bits per heavy atom. The number of imide groups is 3. The second-order valence-electron chi connectivity index (χ2n) is 3.85. The van der Waals surface area contributed by atoms with Gasteiger partial charge >= 0.3 is 12.0 Å². The van der Waals surface area contributed by atoms with Crippen LogP contribution in [-0.4, -0.2) is 40.4 Å². The van der Waals surface area contributed by atoms with Crippen LogP contribution in [0.5, 0.6) is 0 Å². The van der Waals surface area contributed by atoms with Gasteiger partial charge in [-0.2, -0.15) is 4.90 Å². The maximum Gasteiger partial charge on any atom is 0.335 e. The Morgan fingerprint density at radius 2 is 1.84 bits per heavy atom. The summed E-state index contributed by atoms with van der Waals surface area (Å²) in [5.74, 6) is -2.77. The standard InChI is InChI=1S/C12H10N2O5/c1-2-13-12(19)14-9(15)7-4-3-6(11(17)18)5-8(7)10(14)16/h3-5H,2H2,1H3,(H,13,19)(H,17,18). The maximum absolute atomic E-state index is 11.9. The average Bonchev–Trinajstić information content (AvgIpc) is 2.62. The number of aromatic carboxylic acids is 1. The minimum atomic E-state index is -1.21. The molecule has 0 spiro atoms. The topological polar surface area (TPSA) is 104 Å². The molecule has 7 nitrogen and oxygen atoms in total. The highest BCUT2D eigenvalue weighted by atomic mass is 16.4. The number of amides is 4. The van der Waals surface area contributed by atoms with Gasteiger partial charge in [0.15, 0.2) is 0 Å². The average molecular weight is 262 g/mol. The van der Waals surface area contributed by atoms with Gasteiger partial charge in [-0.25, -0.2) is 9.59 Å². The molecule has 0 fully saturated rings. The number of carboxylic acids is 1. The SMILES string of the molecule is CCNC(=O)N1C(=O)c2ccc(C(=O)O)cc2C1=O. The maximum atomic E-state index is 11.9. The molecule has 0 radical (unpaired) electrons. The highest BCUT2D eigenvalue weighted by molar-refractivity contribution is 6.29. The molecule has 7 heteroatoms. The second kappa shape index (κ2) is 4.52. The first kappa shape index (κ1) is 12.7. The van der Waals surface area contributed by atoms with Gasteiger partial charge in [-0.15, -0.1) is 0 Å². The number of urea groups is 1. The number of rotatable bonds is 2. The van der Waals surface area contributed by atoms with Gasteiger partial charge < -0.3 is 10.4 Å². The quantitative estimate of drug-likeness (QED) is 0.764. The van der Waals surface area contributed by atoms with Crippen molar-refractivity contribution < 1.29 is 24.3 Å². The van der Waals surface area contributed by atoms with Crippen LogP contribution in [0, 0.1) is 0 Å². The lowest BCUT2D eigenvalue weighted by Gasteiger charge is -2.11. The molecule has 4 amide bonds. The van der Waals surface area contributed by atoms with Crippen LogP contribution in [0.4, 0.5) is 4.79 Å². The van der Waals surface area contributed by atoms with Gasteiger partial charge in [0.2, 0.25) is 0 Å². The Morgan fingerprint density at radius 1 is 1.21 bits per heavy atom. The van der Waals surface area contributed by atoms with Crippen molar-refractivity contribution in [2.24, 2.45) is 0 Å². The Hall–Kier alpha value is -2.70. The fourth-order valence-electron chi connectivity index (χ4n) is 1.79. The number of nitrogens with one attached hydrogen (secondary N) is 1. The zero-order valence-corrected chi connectivity index (χ0v) is 9.97. The molecule has 98 valence electrons. The lowest BCUT2D eigenvalue weighted by atomic mass is 10.1. The van der Waals surface area contributed by atoms with Crippen LogP contribution in [-0.2, 0) is 0 Å². The molecule has 2 rings (SSSR count). The van der Waals surface area contributed by atoms with E-state index in [2.05, 4.69) is 5.32 Å². The summed E-state index contributed by atoms with van der Waals surface area (Å²) in [4.78, 5) is 46.8. The zero-order valence-electron chi connectivity index (χ0n) is 9.97. The van der Waals surface area contributed by atoms with Crippen LogP contribution in [0.2, 0.25) is 0 Å². The molecular weight excluding hydrogens is 252 g/mol. The van der Waals surface area contributed by atoms with Crippen molar-refractivity contribution in [3.05, 3.63) is 34.9 Å². The molecule has 1 aromatic carbocycles. The Labute approximate surface area is 107 Å². The Kier molecular flexibility index (Phi) is 3.04. The molecule has 0 saturated carbocycles. The Bertz CT molecular complexity index is 608. The number of carbonyl (C=O) groups is 4. The first-order valence-electron chi connectivity index (χ1n) is 5.51. The van der Waals surface area contributed by atoms with Crippen LogP contribution in [0.15, 0.2) is 18.2 Å². The van der Waals surface area contributed by atoms with Gasteiger partial charge in [0, 0.05) is 6.54 Å². The van der Waals surface area contributed by atoms with E-state index >= 15 is 0 Å². The van der Waals surface area contributed by atoms with Gasteiger partial charge in [-0.1, -0.05) is 0 Å². The van der Waals surface area contributed by atoms with E-state index in [-0.39, 0.29) is 23.2 Å². The van der Waals surface area contributed by atoms with Crippen molar-refractivity contribution in [2.45, 2.75) is 6.92 Å². The molecule has 1 aliphatic rings. The van der Waals surface area contributed by atoms with Crippen LogP contribution in [0.3, 0.4) is 0 Å². The van der Waals surface area contributed by atoms with Gasteiger partial charge in [0.1, 0.15) is 0 Å². The highest BCUT2D eigenvalue weighted by Gasteiger charge is 2.40. The third-order valence-electron chi connectivity index (χ3n) is 2.66. The molecular formula is C12H10N2O5. The van der Waals surface area contributed by atoms with E-state index < -0.39 is 23.8 Å². The highest BCUT2D eigenvalue weighted by Crippen LogP contribution is 2.24. The molecule has 0 saturated heterocycles. The minimum Gasteiger partial charge on any atom is -0.478 e. The van der Waals surface area contributed by atoms with Gasteiger partial charge in [0.05, 0.1) is 16.7 Å².